The standard InChI is InChI=1S/C30H28N4O/c35-29(34-20-6-15-30(34)16-18-31-19-17-30)24-12-14-28-26(21-24)27(32-33-28)13-11-23-9-4-5-10-25(23)22-7-2-1-3-8-22/h1-5,7-10,12,14,21,31H,6,15-20H2,(H,32,33). The summed E-state index contributed by atoms with van der Waals surface area (Å²) in [4.78, 5) is 15.8. The smallest absolute Gasteiger partial charge is 0.254 e. The number of nitrogens with one attached hydrogen (secondary N) is 2. The van der Waals surface area contributed by atoms with Crippen LogP contribution in [-0.4, -0.2) is 46.2 Å². The molecule has 0 radical (unpaired) electrons. The van der Waals surface area contributed by atoms with Gasteiger partial charge in [0, 0.05) is 28.6 Å². The van der Waals surface area contributed by atoms with Gasteiger partial charge in [-0.25, -0.2) is 0 Å². The van der Waals surface area contributed by atoms with E-state index in [4.69, 9.17) is 0 Å². The molecule has 5 nitrogen and oxygen atoms in total. The van der Waals surface area contributed by atoms with E-state index >= 15 is 0 Å². The summed E-state index contributed by atoms with van der Waals surface area (Å²) in [5.41, 5.74) is 5.47. The first-order valence-corrected chi connectivity index (χ1v) is 12.4. The van der Waals surface area contributed by atoms with Crippen molar-refractivity contribution in [2.75, 3.05) is 19.6 Å². The van der Waals surface area contributed by atoms with Gasteiger partial charge in [0.2, 0.25) is 0 Å². The van der Waals surface area contributed by atoms with Crippen LogP contribution in [0.25, 0.3) is 22.0 Å². The lowest BCUT2D eigenvalue weighted by Crippen LogP contribution is -2.53. The van der Waals surface area contributed by atoms with E-state index in [-0.39, 0.29) is 11.4 Å². The van der Waals surface area contributed by atoms with Crippen molar-refractivity contribution in [3.05, 3.63) is 89.6 Å². The van der Waals surface area contributed by atoms with Gasteiger partial charge in [0.25, 0.3) is 5.91 Å². The van der Waals surface area contributed by atoms with Crippen LogP contribution in [0.3, 0.4) is 0 Å². The third-order valence-corrected chi connectivity index (χ3v) is 7.51. The number of rotatable bonds is 2. The van der Waals surface area contributed by atoms with Gasteiger partial charge in [-0.05, 0) is 80.1 Å². The zero-order chi connectivity index (χ0) is 23.7. The van der Waals surface area contributed by atoms with Crippen LogP contribution < -0.4 is 5.32 Å². The monoisotopic (exact) mass is 460 g/mol. The van der Waals surface area contributed by atoms with Crippen LogP contribution in [0.2, 0.25) is 0 Å². The van der Waals surface area contributed by atoms with Crippen LogP contribution >= 0.6 is 0 Å². The van der Waals surface area contributed by atoms with Crippen molar-refractivity contribution in [3.63, 3.8) is 0 Å². The first-order valence-electron chi connectivity index (χ1n) is 12.4. The number of aromatic amines is 1. The number of likely N-dealkylation sites (tertiary alicyclic amines) is 1. The fourth-order valence-corrected chi connectivity index (χ4v) is 5.65. The maximum atomic E-state index is 13.6. The maximum absolute atomic E-state index is 13.6. The van der Waals surface area contributed by atoms with Crippen molar-refractivity contribution >= 4 is 16.8 Å². The van der Waals surface area contributed by atoms with Crippen LogP contribution in [0.4, 0.5) is 0 Å². The summed E-state index contributed by atoms with van der Waals surface area (Å²) in [6, 6.07) is 24.2. The van der Waals surface area contributed by atoms with Crippen LogP contribution in [-0.2, 0) is 0 Å². The van der Waals surface area contributed by atoms with Crippen molar-refractivity contribution < 1.29 is 4.79 Å². The SMILES string of the molecule is O=C(c1ccc2n[nH]c(C#Cc3ccccc3-c3ccccc3)c2c1)N1CCCC12CCNCC2. The van der Waals surface area contributed by atoms with Gasteiger partial charge in [-0.15, -0.1) is 0 Å². The minimum absolute atomic E-state index is 0.0114. The van der Waals surface area contributed by atoms with Gasteiger partial charge in [0.1, 0.15) is 5.69 Å². The van der Waals surface area contributed by atoms with Crippen molar-refractivity contribution in [1.82, 2.24) is 20.4 Å². The van der Waals surface area contributed by atoms with Gasteiger partial charge in [-0.3, -0.25) is 9.89 Å². The minimum Gasteiger partial charge on any atom is -0.333 e. The van der Waals surface area contributed by atoms with E-state index in [2.05, 4.69) is 50.5 Å². The number of fused-ring (bicyclic) bond motifs is 1. The zero-order valence-electron chi connectivity index (χ0n) is 19.7. The third kappa shape index (κ3) is 4.00. The fourth-order valence-electron chi connectivity index (χ4n) is 5.65. The summed E-state index contributed by atoms with van der Waals surface area (Å²) in [7, 11) is 0. The summed E-state index contributed by atoms with van der Waals surface area (Å²) in [5, 5.41) is 11.8. The normalized spacial score (nSPS) is 16.9. The Kier molecular flexibility index (Phi) is 5.60. The molecule has 1 spiro atoms. The molecule has 3 aromatic carbocycles. The van der Waals surface area contributed by atoms with Crippen molar-refractivity contribution in [2.45, 2.75) is 31.2 Å². The van der Waals surface area contributed by atoms with Gasteiger partial charge in [0.05, 0.1) is 5.52 Å². The number of amides is 1. The highest BCUT2D eigenvalue weighted by Gasteiger charge is 2.44. The van der Waals surface area contributed by atoms with E-state index in [0.717, 1.165) is 78.6 Å². The summed E-state index contributed by atoms with van der Waals surface area (Å²) in [5.74, 6) is 6.74. The van der Waals surface area contributed by atoms with E-state index in [1.165, 1.54) is 0 Å². The fraction of sp³-hybridized carbons (Fsp3) is 0.267. The first kappa shape index (κ1) is 21.6. The summed E-state index contributed by atoms with van der Waals surface area (Å²) in [6.07, 6.45) is 4.25. The number of carbonyl (C=O) groups is 1. The van der Waals surface area contributed by atoms with Gasteiger partial charge in [-0.1, -0.05) is 54.5 Å². The van der Waals surface area contributed by atoms with Crippen molar-refractivity contribution in [3.8, 4) is 23.0 Å². The van der Waals surface area contributed by atoms with E-state index in [1.807, 2.05) is 54.6 Å². The minimum atomic E-state index is 0.0114. The lowest BCUT2D eigenvalue weighted by atomic mass is 9.85. The molecule has 0 aliphatic carbocycles. The second kappa shape index (κ2) is 9.05. The van der Waals surface area contributed by atoms with E-state index in [1.54, 1.807) is 0 Å². The zero-order valence-corrected chi connectivity index (χ0v) is 19.7. The lowest BCUT2D eigenvalue weighted by Gasteiger charge is -2.42. The molecule has 6 rings (SSSR count). The molecule has 2 fully saturated rings. The number of hydrogen-bond acceptors (Lipinski definition) is 3. The molecule has 174 valence electrons. The highest BCUT2D eigenvalue weighted by molar-refractivity contribution is 5.99. The molecular formula is C30H28N4O. The van der Waals surface area contributed by atoms with Crippen LogP contribution in [0.1, 0.15) is 47.3 Å². The Balaban J connectivity index is 1.33. The van der Waals surface area contributed by atoms with Crippen LogP contribution in [0.15, 0.2) is 72.8 Å². The Morgan fingerprint density at radius 1 is 0.914 bits per heavy atom. The van der Waals surface area contributed by atoms with Gasteiger partial charge in [-0.2, -0.15) is 5.10 Å². The Hall–Kier alpha value is -3.88. The van der Waals surface area contributed by atoms with Crippen molar-refractivity contribution in [2.24, 2.45) is 0 Å². The Morgan fingerprint density at radius 2 is 1.71 bits per heavy atom. The van der Waals surface area contributed by atoms with Gasteiger partial charge >= 0.3 is 0 Å². The number of nitrogens with zero attached hydrogens (tertiary/aromatic N) is 2. The van der Waals surface area contributed by atoms with E-state index in [0.29, 0.717) is 5.56 Å². The first-order chi connectivity index (χ1) is 17.2. The predicted octanol–water partition coefficient (Wildman–Crippen LogP) is 4.99. The summed E-state index contributed by atoms with van der Waals surface area (Å²) < 4.78 is 0. The number of hydrogen-bond donors (Lipinski definition) is 2. The number of benzene rings is 3. The molecule has 35 heavy (non-hydrogen) atoms. The molecule has 2 aliphatic rings. The van der Waals surface area contributed by atoms with Crippen LogP contribution in [0.5, 0.6) is 0 Å². The molecule has 4 aromatic rings. The number of carbonyl (C=O) groups excluding carboxylic acids is 1. The average molecular weight is 461 g/mol. The average Bonchev–Trinajstić information content (AvgIpc) is 3.51. The van der Waals surface area contributed by atoms with E-state index < -0.39 is 0 Å². The molecule has 2 saturated heterocycles. The highest BCUT2D eigenvalue weighted by Crippen LogP contribution is 2.38. The summed E-state index contributed by atoms with van der Waals surface area (Å²) >= 11 is 0. The van der Waals surface area contributed by atoms with Gasteiger partial charge < -0.3 is 10.2 Å². The molecule has 0 saturated carbocycles. The molecule has 2 aliphatic heterocycles. The number of piperidine rings is 1. The third-order valence-electron chi connectivity index (χ3n) is 7.51. The molecule has 0 atom stereocenters. The van der Waals surface area contributed by atoms with Gasteiger partial charge in [0.15, 0.2) is 0 Å². The molecule has 1 amide bonds. The Bertz CT molecular complexity index is 1440. The molecule has 1 aromatic heterocycles. The topological polar surface area (TPSA) is 61.0 Å². The molecule has 3 heterocycles. The lowest BCUT2D eigenvalue weighted by molar-refractivity contribution is 0.0519. The second-order valence-electron chi connectivity index (χ2n) is 9.53. The predicted molar refractivity (Wildman–Crippen MR) is 139 cm³/mol. The molecule has 0 unspecified atom stereocenters. The number of H-pyrrole nitrogens is 1. The van der Waals surface area contributed by atoms with E-state index in [9.17, 15) is 4.79 Å². The van der Waals surface area contributed by atoms with Crippen molar-refractivity contribution in [1.29, 1.82) is 0 Å². The largest absolute Gasteiger partial charge is 0.333 e. The second-order valence-corrected chi connectivity index (χ2v) is 9.53. The maximum Gasteiger partial charge on any atom is 0.254 e. The highest BCUT2D eigenvalue weighted by atomic mass is 16.2. The Labute approximate surface area is 205 Å². The Morgan fingerprint density at radius 3 is 2.57 bits per heavy atom. The molecule has 2 N–H and O–H groups in total. The quantitative estimate of drug-likeness (QED) is 0.415. The molecular weight excluding hydrogens is 432 g/mol. The number of aromatic nitrogens is 2. The van der Waals surface area contributed by atoms with Crippen LogP contribution in [0, 0.1) is 11.8 Å². The molecule has 5 heteroatoms. The molecule has 0 bridgehead atoms. The summed E-state index contributed by atoms with van der Waals surface area (Å²) in [6.45, 7) is 2.80.